The number of oxazole rings is 1. The van der Waals surface area contributed by atoms with Crippen LogP contribution in [0.1, 0.15) is 6.92 Å². The average molecular weight is 405 g/mol. The number of non-ortho nitro benzene ring substituents is 1. The zero-order chi connectivity index (χ0) is 20.4. The summed E-state index contributed by atoms with van der Waals surface area (Å²) >= 11 is 6.10. The minimum Gasteiger partial charge on any atom is -0.407 e. The Labute approximate surface area is 161 Å². The molecule has 11 heteroatoms. The van der Waals surface area contributed by atoms with Crippen LogP contribution in [-0.2, 0) is 16.1 Å². The molecular formula is C17H13ClN4O6. The topological polar surface area (TPSA) is 136 Å². The summed E-state index contributed by atoms with van der Waals surface area (Å²) in [6.45, 7) is 0.971. The Morgan fingerprint density at radius 2 is 1.96 bits per heavy atom. The molecule has 0 unspecified atom stereocenters. The highest BCUT2D eigenvalue weighted by Gasteiger charge is 2.17. The molecule has 0 saturated heterocycles. The lowest BCUT2D eigenvalue weighted by molar-refractivity contribution is -0.384. The van der Waals surface area contributed by atoms with Crippen LogP contribution in [0, 0.1) is 10.1 Å². The molecule has 0 saturated carbocycles. The van der Waals surface area contributed by atoms with E-state index in [9.17, 15) is 24.5 Å². The molecule has 28 heavy (non-hydrogen) atoms. The maximum atomic E-state index is 12.3. The van der Waals surface area contributed by atoms with Crippen molar-refractivity contribution in [3.05, 3.63) is 62.1 Å². The molecule has 3 aromatic rings. The number of aromatic nitrogens is 1. The Hall–Kier alpha value is -3.66. The third kappa shape index (κ3) is 4.01. The molecule has 0 atom stereocenters. The largest absolute Gasteiger partial charge is 0.420 e. The second-order valence-corrected chi connectivity index (χ2v) is 6.19. The number of carbonyl (C=O) groups excluding carboxylic acids is 2. The Morgan fingerprint density at radius 1 is 1.21 bits per heavy atom. The molecule has 10 nitrogen and oxygen atoms in total. The molecule has 0 aliphatic heterocycles. The van der Waals surface area contributed by atoms with Crippen LogP contribution in [0.2, 0.25) is 5.02 Å². The minimum absolute atomic E-state index is 0.00434. The normalized spacial score (nSPS) is 10.6. The number of nitrogens with one attached hydrogen (secondary N) is 2. The minimum atomic E-state index is -0.822. The van der Waals surface area contributed by atoms with Crippen molar-refractivity contribution in [2.45, 2.75) is 13.5 Å². The maximum absolute atomic E-state index is 12.3. The van der Waals surface area contributed by atoms with Crippen LogP contribution in [0.25, 0.3) is 11.1 Å². The molecule has 2 N–H and O–H groups in total. The first-order chi connectivity index (χ1) is 13.2. The van der Waals surface area contributed by atoms with Crippen molar-refractivity contribution in [2.24, 2.45) is 0 Å². The molecule has 144 valence electrons. The Morgan fingerprint density at radius 3 is 2.61 bits per heavy atom. The molecular weight excluding hydrogens is 392 g/mol. The predicted octanol–water partition coefficient (Wildman–Crippen LogP) is 2.75. The van der Waals surface area contributed by atoms with Crippen LogP contribution < -0.4 is 16.4 Å². The first-order valence-corrected chi connectivity index (χ1v) is 8.27. The number of nitro groups is 1. The Bertz CT molecular complexity index is 1170. The van der Waals surface area contributed by atoms with Crippen LogP contribution in [0.4, 0.5) is 17.1 Å². The van der Waals surface area contributed by atoms with Gasteiger partial charge in [0.05, 0.1) is 27.2 Å². The quantitative estimate of drug-likeness (QED) is 0.495. The number of hydrogen-bond donors (Lipinski definition) is 2. The Kier molecular flexibility index (Phi) is 5.14. The maximum Gasteiger partial charge on any atom is 0.420 e. The van der Waals surface area contributed by atoms with Gasteiger partial charge in [-0.1, -0.05) is 11.6 Å². The smallest absolute Gasteiger partial charge is 0.407 e. The molecule has 0 spiro atoms. The number of rotatable bonds is 5. The molecule has 0 aliphatic carbocycles. The number of carbonyl (C=O) groups is 2. The highest BCUT2D eigenvalue weighted by atomic mass is 35.5. The summed E-state index contributed by atoms with van der Waals surface area (Å²) in [5.41, 5.74) is 0.776. The van der Waals surface area contributed by atoms with E-state index in [1.165, 1.54) is 31.2 Å². The van der Waals surface area contributed by atoms with E-state index in [1.807, 2.05) is 0 Å². The monoisotopic (exact) mass is 404 g/mol. The van der Waals surface area contributed by atoms with Crippen LogP contribution in [-0.4, -0.2) is 21.3 Å². The number of fused-ring (bicyclic) bond motifs is 1. The Balaban J connectivity index is 1.80. The molecule has 0 radical (unpaired) electrons. The number of halogens is 1. The zero-order valence-electron chi connectivity index (χ0n) is 14.4. The first kappa shape index (κ1) is 19.1. The van der Waals surface area contributed by atoms with E-state index in [0.717, 1.165) is 10.6 Å². The summed E-state index contributed by atoms with van der Waals surface area (Å²) in [6, 6.07) is 8.19. The van der Waals surface area contributed by atoms with Crippen LogP contribution in [0.3, 0.4) is 0 Å². The molecule has 3 rings (SSSR count). The van der Waals surface area contributed by atoms with Crippen molar-refractivity contribution < 1.29 is 18.9 Å². The lowest BCUT2D eigenvalue weighted by Crippen LogP contribution is -2.24. The molecule has 2 aromatic carbocycles. The van der Waals surface area contributed by atoms with E-state index in [2.05, 4.69) is 10.6 Å². The van der Waals surface area contributed by atoms with Crippen molar-refractivity contribution >= 4 is 51.6 Å². The van der Waals surface area contributed by atoms with Crippen molar-refractivity contribution in [3.63, 3.8) is 0 Å². The van der Waals surface area contributed by atoms with E-state index in [0.29, 0.717) is 5.69 Å². The van der Waals surface area contributed by atoms with E-state index >= 15 is 0 Å². The van der Waals surface area contributed by atoms with Gasteiger partial charge < -0.3 is 15.1 Å². The number of nitrogens with zero attached hydrogens (tertiary/aromatic N) is 2. The number of amides is 2. The summed E-state index contributed by atoms with van der Waals surface area (Å²) in [6.07, 6.45) is 0. The molecule has 0 aliphatic rings. The highest BCUT2D eigenvalue weighted by molar-refractivity contribution is 6.34. The second kappa shape index (κ2) is 7.53. The fraction of sp³-hybridized carbons (Fsp3) is 0.118. The van der Waals surface area contributed by atoms with Gasteiger partial charge in [-0.05, 0) is 24.3 Å². The third-order valence-corrected chi connectivity index (χ3v) is 4.04. The van der Waals surface area contributed by atoms with Gasteiger partial charge in [0.15, 0.2) is 5.58 Å². The fourth-order valence-corrected chi connectivity index (χ4v) is 2.78. The van der Waals surface area contributed by atoms with Crippen molar-refractivity contribution in [1.82, 2.24) is 4.57 Å². The summed E-state index contributed by atoms with van der Waals surface area (Å²) in [4.78, 5) is 45.6. The molecule has 1 aromatic heterocycles. The number of hydrogen-bond acceptors (Lipinski definition) is 6. The van der Waals surface area contributed by atoms with Gasteiger partial charge in [-0.15, -0.1) is 0 Å². The lowest BCUT2D eigenvalue weighted by atomic mass is 10.2. The van der Waals surface area contributed by atoms with E-state index in [1.54, 1.807) is 6.07 Å². The summed E-state index contributed by atoms with van der Waals surface area (Å²) in [5.74, 6) is -1.64. The van der Waals surface area contributed by atoms with Gasteiger partial charge >= 0.3 is 5.76 Å². The van der Waals surface area contributed by atoms with Gasteiger partial charge in [0.1, 0.15) is 6.54 Å². The summed E-state index contributed by atoms with van der Waals surface area (Å²) in [7, 11) is 0. The van der Waals surface area contributed by atoms with Gasteiger partial charge in [0, 0.05) is 18.7 Å². The second-order valence-electron chi connectivity index (χ2n) is 5.79. The van der Waals surface area contributed by atoms with Crippen LogP contribution >= 0.6 is 11.6 Å². The molecule has 2 amide bonds. The lowest BCUT2D eigenvalue weighted by Gasteiger charge is -2.09. The molecule has 1 heterocycles. The molecule has 0 fully saturated rings. The highest BCUT2D eigenvalue weighted by Crippen LogP contribution is 2.26. The van der Waals surface area contributed by atoms with E-state index < -0.39 is 16.6 Å². The van der Waals surface area contributed by atoms with Crippen molar-refractivity contribution in [3.8, 4) is 0 Å². The van der Waals surface area contributed by atoms with Crippen molar-refractivity contribution in [2.75, 3.05) is 10.6 Å². The van der Waals surface area contributed by atoms with Crippen LogP contribution in [0.5, 0.6) is 0 Å². The fourth-order valence-electron chi connectivity index (χ4n) is 2.55. The predicted molar refractivity (Wildman–Crippen MR) is 102 cm³/mol. The first-order valence-electron chi connectivity index (χ1n) is 7.89. The average Bonchev–Trinajstić information content (AvgIpc) is 2.91. The molecule has 0 bridgehead atoms. The number of benzene rings is 2. The van der Waals surface area contributed by atoms with Gasteiger partial charge in [0.2, 0.25) is 11.8 Å². The van der Waals surface area contributed by atoms with Gasteiger partial charge in [-0.25, -0.2) is 4.79 Å². The van der Waals surface area contributed by atoms with E-state index in [4.69, 9.17) is 16.0 Å². The van der Waals surface area contributed by atoms with E-state index in [-0.39, 0.29) is 39.9 Å². The number of nitro benzene ring substituents is 1. The van der Waals surface area contributed by atoms with Gasteiger partial charge in [-0.3, -0.25) is 24.3 Å². The standard InChI is InChI=1S/C17H13ClN4O6/c1-9(23)19-10-2-4-13(12(18)6-10)20-16(24)8-21-14-5-3-11(22(26)27)7-15(14)28-17(21)25/h2-7H,8H2,1H3,(H,19,23)(H,20,24). The van der Waals surface area contributed by atoms with Gasteiger partial charge in [-0.2, -0.15) is 0 Å². The summed E-state index contributed by atoms with van der Waals surface area (Å²) in [5, 5.41) is 16.1. The summed E-state index contributed by atoms with van der Waals surface area (Å²) < 4.78 is 6.02. The van der Waals surface area contributed by atoms with Crippen molar-refractivity contribution in [1.29, 1.82) is 0 Å². The third-order valence-electron chi connectivity index (χ3n) is 3.73. The zero-order valence-corrected chi connectivity index (χ0v) is 15.1. The van der Waals surface area contributed by atoms with Crippen LogP contribution in [0.15, 0.2) is 45.6 Å². The van der Waals surface area contributed by atoms with Gasteiger partial charge in [0.25, 0.3) is 5.69 Å². The SMILES string of the molecule is CC(=O)Nc1ccc(NC(=O)Cn2c(=O)oc3cc([N+](=O)[O-])ccc32)c(Cl)c1. The number of anilines is 2.